The number of thioether (sulfide) groups is 1. The molecule has 14 nitrogen and oxygen atoms in total. The number of anilines is 4. The summed E-state index contributed by atoms with van der Waals surface area (Å²) >= 11 is 2.05. The quantitative estimate of drug-likeness (QED) is 0.297. The molecule has 0 aliphatic rings. The van der Waals surface area contributed by atoms with Crippen molar-refractivity contribution >= 4 is 67.0 Å². The van der Waals surface area contributed by atoms with Crippen LogP contribution in [0.4, 0.5) is 22.2 Å². The number of carbonyl (C=O) groups is 1. The van der Waals surface area contributed by atoms with Crippen LogP contribution in [-0.2, 0) is 14.8 Å². The van der Waals surface area contributed by atoms with Gasteiger partial charge in [-0.2, -0.15) is 9.97 Å². The van der Waals surface area contributed by atoms with Gasteiger partial charge in [-0.05, 0) is 13.8 Å². The topological polar surface area (TPSA) is 181 Å². The summed E-state index contributed by atoms with van der Waals surface area (Å²) in [5.74, 6) is 0.925. The first-order valence-electron chi connectivity index (χ1n) is 8.64. The van der Waals surface area contributed by atoms with Gasteiger partial charge in [-0.15, -0.1) is 20.4 Å². The molecule has 3 aromatic rings. The lowest BCUT2D eigenvalue weighted by Gasteiger charge is -2.09. The lowest BCUT2D eigenvalue weighted by atomic mass is 10.7. The van der Waals surface area contributed by atoms with Crippen LogP contribution < -0.4 is 20.7 Å². The largest absolute Gasteiger partial charge is 0.355 e. The maximum atomic E-state index is 12.2. The van der Waals surface area contributed by atoms with Gasteiger partial charge >= 0.3 is 0 Å². The molecule has 162 valence electrons. The Balaban J connectivity index is 1.68. The normalized spacial score (nSPS) is 11.4. The molecule has 0 atom stereocenters. The number of aromatic nitrogens is 7. The van der Waals surface area contributed by atoms with Crippen LogP contribution in [0.2, 0.25) is 0 Å². The summed E-state index contributed by atoms with van der Waals surface area (Å²) in [5.41, 5.74) is 0. The molecule has 3 heterocycles. The molecule has 0 bridgehead atoms. The van der Waals surface area contributed by atoms with Gasteiger partial charge in [0.15, 0.2) is 5.16 Å². The Hall–Kier alpha value is -2.79. The van der Waals surface area contributed by atoms with Crippen molar-refractivity contribution in [2.45, 2.75) is 19.0 Å². The number of hydrogen-bond acceptors (Lipinski definition) is 13. The maximum absolute atomic E-state index is 12.2. The van der Waals surface area contributed by atoms with E-state index in [2.05, 4.69) is 51.0 Å². The van der Waals surface area contributed by atoms with E-state index in [9.17, 15) is 13.2 Å². The molecule has 3 rings (SSSR count). The Morgan fingerprint density at radius 1 is 1.07 bits per heavy atom. The highest BCUT2D eigenvalue weighted by molar-refractivity contribution is 7.99. The first-order chi connectivity index (χ1) is 14.3. The Kier molecular flexibility index (Phi) is 6.83. The molecule has 4 N–H and O–H groups in total. The second kappa shape index (κ2) is 9.35. The molecule has 0 saturated carbocycles. The van der Waals surface area contributed by atoms with Crippen LogP contribution in [0.5, 0.6) is 0 Å². The summed E-state index contributed by atoms with van der Waals surface area (Å²) in [7, 11) is -3.47. The molecule has 1 amide bonds. The van der Waals surface area contributed by atoms with Gasteiger partial charge in [0.05, 0.1) is 12.0 Å². The number of nitrogens with one attached hydrogen (secondary N) is 4. The van der Waals surface area contributed by atoms with Crippen LogP contribution in [0, 0.1) is 0 Å². The Bertz CT molecular complexity index is 1140. The molecule has 17 heteroatoms. The summed E-state index contributed by atoms with van der Waals surface area (Å²) < 4.78 is 26.2. The highest BCUT2D eigenvalue weighted by atomic mass is 32.2. The van der Waals surface area contributed by atoms with Gasteiger partial charge in [0.1, 0.15) is 0 Å². The van der Waals surface area contributed by atoms with Crippen molar-refractivity contribution in [1.82, 2.24) is 34.8 Å². The van der Waals surface area contributed by atoms with Crippen molar-refractivity contribution in [2.24, 2.45) is 0 Å². The number of nitrogens with zero attached hydrogens (tertiary/aromatic N) is 7. The first kappa shape index (κ1) is 21.9. The van der Waals surface area contributed by atoms with E-state index in [1.807, 2.05) is 13.8 Å². The zero-order chi connectivity index (χ0) is 21.7. The second-order valence-corrected chi connectivity index (χ2v) is 9.34. The van der Waals surface area contributed by atoms with Gasteiger partial charge in [-0.25, -0.2) is 12.8 Å². The molecule has 0 aliphatic heterocycles. The summed E-state index contributed by atoms with van der Waals surface area (Å²) in [5, 5.41) is 24.9. The van der Waals surface area contributed by atoms with Crippen LogP contribution >= 0.6 is 23.1 Å². The number of rotatable bonds is 10. The van der Waals surface area contributed by atoms with Crippen LogP contribution in [-0.4, -0.2) is 74.2 Å². The number of amides is 1. The lowest BCUT2D eigenvalue weighted by Crippen LogP contribution is -2.15. The number of sulfonamides is 1. The molecule has 30 heavy (non-hydrogen) atoms. The molecule has 0 radical (unpaired) electrons. The first-order valence-corrected chi connectivity index (χ1v) is 12.3. The second-order valence-electron chi connectivity index (χ2n) is 5.67. The molecule has 0 aromatic carbocycles. The average Bonchev–Trinajstić information content (AvgIpc) is 3.26. The summed E-state index contributed by atoms with van der Waals surface area (Å²) in [6, 6.07) is 0. The minimum atomic E-state index is -3.47. The predicted molar refractivity (Wildman–Crippen MR) is 115 cm³/mol. The van der Waals surface area contributed by atoms with E-state index in [0.29, 0.717) is 35.9 Å². The molecule has 0 saturated heterocycles. The van der Waals surface area contributed by atoms with Gasteiger partial charge < -0.3 is 10.6 Å². The van der Waals surface area contributed by atoms with Gasteiger partial charge in [-0.3, -0.25) is 14.8 Å². The van der Waals surface area contributed by atoms with Gasteiger partial charge in [-0.1, -0.05) is 23.1 Å². The van der Waals surface area contributed by atoms with E-state index < -0.39 is 10.0 Å². The fourth-order valence-corrected chi connectivity index (χ4v) is 4.37. The highest BCUT2D eigenvalue weighted by Crippen LogP contribution is 2.23. The van der Waals surface area contributed by atoms with Gasteiger partial charge in [0.25, 0.3) is 5.78 Å². The van der Waals surface area contributed by atoms with Gasteiger partial charge in [0.2, 0.25) is 38.1 Å². The fourth-order valence-electron chi connectivity index (χ4n) is 2.16. The monoisotopic (exact) mass is 473 g/mol. The summed E-state index contributed by atoms with van der Waals surface area (Å²) in [6.07, 6.45) is 0.999. The van der Waals surface area contributed by atoms with Crippen LogP contribution in [0.3, 0.4) is 0 Å². The van der Waals surface area contributed by atoms with Crippen LogP contribution in [0.1, 0.15) is 13.8 Å². The number of fused-ring (bicyclic) bond motifs is 1. The van der Waals surface area contributed by atoms with E-state index >= 15 is 0 Å². The van der Waals surface area contributed by atoms with Crippen molar-refractivity contribution < 1.29 is 13.2 Å². The molecular formula is C13H19N11O3S3. The molecule has 0 fully saturated rings. The average molecular weight is 474 g/mol. The zero-order valence-electron chi connectivity index (χ0n) is 16.2. The molecule has 3 aromatic heterocycles. The molecule has 0 spiro atoms. The minimum Gasteiger partial charge on any atom is -0.355 e. The molecule has 0 unspecified atom stereocenters. The third kappa shape index (κ3) is 5.63. The summed E-state index contributed by atoms with van der Waals surface area (Å²) in [6.45, 7) is 5.15. The van der Waals surface area contributed by atoms with Crippen molar-refractivity contribution in [2.75, 3.05) is 45.8 Å². The maximum Gasteiger partial charge on any atom is 0.261 e. The SMILES string of the molecule is CCNc1nc(NCC)n2c(SCC(=O)Nc3nnc(NS(C)(=O)=O)s3)nnc2n1. The van der Waals surface area contributed by atoms with Crippen LogP contribution in [0.15, 0.2) is 5.16 Å². The fraction of sp³-hybridized carbons (Fsp3) is 0.462. The molecule has 0 aliphatic carbocycles. The van der Waals surface area contributed by atoms with Gasteiger partial charge in [0, 0.05) is 13.1 Å². The highest BCUT2D eigenvalue weighted by Gasteiger charge is 2.17. The van der Waals surface area contributed by atoms with E-state index in [1.165, 1.54) is 0 Å². The third-order valence-electron chi connectivity index (χ3n) is 3.19. The number of hydrogen-bond donors (Lipinski definition) is 4. The number of carbonyl (C=O) groups excluding carboxylic acids is 1. The van der Waals surface area contributed by atoms with E-state index in [1.54, 1.807) is 4.40 Å². The standard InChI is InChI=1S/C13H19N11O3S3/c1-4-14-8-17-9(15-5-2)24-10(18-8)19-22-13(24)28-6-7(25)16-11-20-21-12(29-11)23-30(3,26)27/h4-6H2,1-3H3,(H,21,23)(H,16,20,25)(H2,14,15,17,18,19). The Morgan fingerprint density at radius 3 is 2.50 bits per heavy atom. The molecular weight excluding hydrogens is 454 g/mol. The predicted octanol–water partition coefficient (Wildman–Crippen LogP) is 0.337. The Labute approximate surface area is 179 Å². The lowest BCUT2D eigenvalue weighted by molar-refractivity contribution is -0.113. The van der Waals surface area contributed by atoms with E-state index in [0.717, 1.165) is 29.4 Å². The van der Waals surface area contributed by atoms with Crippen LogP contribution in [0.25, 0.3) is 5.78 Å². The van der Waals surface area contributed by atoms with Crippen molar-refractivity contribution in [3.05, 3.63) is 0 Å². The van der Waals surface area contributed by atoms with E-state index in [-0.39, 0.29) is 21.9 Å². The smallest absolute Gasteiger partial charge is 0.261 e. The summed E-state index contributed by atoms with van der Waals surface area (Å²) in [4.78, 5) is 20.9. The Morgan fingerprint density at radius 2 is 1.80 bits per heavy atom. The van der Waals surface area contributed by atoms with Crippen molar-refractivity contribution in [3.63, 3.8) is 0 Å². The third-order valence-corrected chi connectivity index (χ3v) is 5.57. The zero-order valence-corrected chi connectivity index (χ0v) is 18.7. The van der Waals surface area contributed by atoms with Crippen molar-refractivity contribution in [3.8, 4) is 0 Å². The van der Waals surface area contributed by atoms with E-state index in [4.69, 9.17) is 0 Å². The minimum absolute atomic E-state index is 0.00966. The van der Waals surface area contributed by atoms with Crippen molar-refractivity contribution in [1.29, 1.82) is 0 Å².